The van der Waals surface area contributed by atoms with E-state index < -0.39 is 0 Å². The van der Waals surface area contributed by atoms with Crippen molar-refractivity contribution in [3.05, 3.63) is 64.9 Å². The maximum Gasteiger partial charge on any atom is 0.234 e. The number of hydrogen-bond acceptors (Lipinski definition) is 3. The van der Waals surface area contributed by atoms with E-state index in [4.69, 9.17) is 16.3 Å². The van der Waals surface area contributed by atoms with Crippen molar-refractivity contribution in [2.75, 3.05) is 26.7 Å². The summed E-state index contributed by atoms with van der Waals surface area (Å²) in [6.45, 7) is 1.53. The monoisotopic (exact) mass is 350 g/mol. The minimum absolute atomic E-state index is 0.103. The number of carbonyl (C=O) groups excluding carboxylic acids is 1. The third-order valence-corrected chi connectivity index (χ3v) is 3.51. The third-order valence-electron chi connectivity index (χ3n) is 3.26. The number of nitrogens with zero attached hydrogens (tertiary/aromatic N) is 1. The van der Waals surface area contributed by atoms with Crippen LogP contribution in [0.4, 0.5) is 4.39 Å². The SMILES string of the molecule is CN(CC(=O)NCCOc1ccc(Cl)cc1)Cc1cccc(F)c1. The number of ether oxygens (including phenoxy) is 1. The molecule has 2 rings (SSSR count). The van der Waals surface area contributed by atoms with Gasteiger partial charge in [-0.15, -0.1) is 0 Å². The zero-order valence-electron chi connectivity index (χ0n) is 13.5. The summed E-state index contributed by atoms with van der Waals surface area (Å²) in [5.41, 5.74) is 0.830. The second-order valence-corrected chi connectivity index (χ2v) is 5.89. The molecule has 0 spiro atoms. The van der Waals surface area contributed by atoms with Crippen molar-refractivity contribution in [3.63, 3.8) is 0 Å². The normalized spacial score (nSPS) is 10.7. The Kier molecular flexibility index (Phi) is 7.03. The van der Waals surface area contributed by atoms with E-state index in [2.05, 4.69) is 5.32 Å². The lowest BCUT2D eigenvalue weighted by molar-refractivity contribution is -0.122. The highest BCUT2D eigenvalue weighted by molar-refractivity contribution is 6.30. The first-order valence-electron chi connectivity index (χ1n) is 7.61. The molecule has 4 nitrogen and oxygen atoms in total. The van der Waals surface area contributed by atoms with Gasteiger partial charge in [0, 0.05) is 11.6 Å². The van der Waals surface area contributed by atoms with E-state index >= 15 is 0 Å². The van der Waals surface area contributed by atoms with Gasteiger partial charge in [0.1, 0.15) is 18.2 Å². The minimum Gasteiger partial charge on any atom is -0.492 e. The van der Waals surface area contributed by atoms with Crippen LogP contribution < -0.4 is 10.1 Å². The predicted molar refractivity (Wildman–Crippen MR) is 92.7 cm³/mol. The third kappa shape index (κ3) is 6.56. The Morgan fingerprint density at radius 3 is 2.71 bits per heavy atom. The second-order valence-electron chi connectivity index (χ2n) is 5.45. The zero-order chi connectivity index (χ0) is 17.4. The quantitative estimate of drug-likeness (QED) is 0.744. The van der Waals surface area contributed by atoms with Gasteiger partial charge in [0.05, 0.1) is 13.1 Å². The zero-order valence-corrected chi connectivity index (χ0v) is 14.2. The molecule has 0 aromatic heterocycles. The molecule has 1 N–H and O–H groups in total. The lowest BCUT2D eigenvalue weighted by atomic mass is 10.2. The van der Waals surface area contributed by atoms with Crippen molar-refractivity contribution in [1.82, 2.24) is 10.2 Å². The van der Waals surface area contributed by atoms with Crippen LogP contribution in [0.1, 0.15) is 5.56 Å². The van der Waals surface area contributed by atoms with Crippen LogP contribution in [-0.4, -0.2) is 37.6 Å². The molecule has 6 heteroatoms. The molecule has 0 aliphatic carbocycles. The average Bonchev–Trinajstić information content (AvgIpc) is 2.53. The van der Waals surface area contributed by atoms with Crippen molar-refractivity contribution in [3.8, 4) is 5.75 Å². The molecule has 0 saturated carbocycles. The smallest absolute Gasteiger partial charge is 0.234 e. The number of carbonyl (C=O) groups is 1. The Morgan fingerprint density at radius 1 is 1.25 bits per heavy atom. The van der Waals surface area contributed by atoms with Crippen LogP contribution in [0.25, 0.3) is 0 Å². The van der Waals surface area contributed by atoms with Crippen molar-refractivity contribution in [1.29, 1.82) is 0 Å². The Bertz CT molecular complexity index is 664. The molecule has 0 fully saturated rings. The summed E-state index contributed by atoms with van der Waals surface area (Å²) in [6, 6.07) is 13.4. The number of nitrogens with one attached hydrogen (secondary N) is 1. The molecular weight excluding hydrogens is 331 g/mol. The Hall–Kier alpha value is -2.11. The number of rotatable bonds is 8. The minimum atomic E-state index is -0.273. The molecule has 1 amide bonds. The Balaban J connectivity index is 1.64. The van der Waals surface area contributed by atoms with Crippen LogP contribution in [0.3, 0.4) is 0 Å². The first kappa shape index (κ1) is 18.2. The number of halogens is 2. The predicted octanol–water partition coefficient (Wildman–Crippen LogP) is 3.11. The van der Waals surface area contributed by atoms with Crippen molar-refractivity contribution in [2.45, 2.75) is 6.54 Å². The van der Waals surface area contributed by atoms with Crippen molar-refractivity contribution < 1.29 is 13.9 Å². The highest BCUT2D eigenvalue weighted by Crippen LogP contribution is 2.15. The summed E-state index contributed by atoms with van der Waals surface area (Å²) in [4.78, 5) is 13.7. The number of amides is 1. The first-order valence-corrected chi connectivity index (χ1v) is 7.99. The van der Waals surface area contributed by atoms with Gasteiger partial charge in [0.25, 0.3) is 0 Å². The van der Waals surface area contributed by atoms with E-state index in [1.54, 1.807) is 30.3 Å². The fourth-order valence-corrected chi connectivity index (χ4v) is 2.32. The first-order chi connectivity index (χ1) is 11.5. The highest BCUT2D eigenvalue weighted by atomic mass is 35.5. The van der Waals surface area contributed by atoms with Crippen LogP contribution in [0.2, 0.25) is 5.02 Å². The molecule has 2 aromatic carbocycles. The van der Waals surface area contributed by atoms with Crippen LogP contribution >= 0.6 is 11.6 Å². The van der Waals surface area contributed by atoms with Gasteiger partial charge in [-0.25, -0.2) is 4.39 Å². The molecule has 0 saturated heterocycles. The number of hydrogen-bond donors (Lipinski definition) is 1. The Morgan fingerprint density at radius 2 is 2.00 bits per heavy atom. The van der Waals surface area contributed by atoms with E-state index in [9.17, 15) is 9.18 Å². The maximum absolute atomic E-state index is 13.1. The van der Waals surface area contributed by atoms with Gasteiger partial charge >= 0.3 is 0 Å². The van der Waals surface area contributed by atoms with Crippen LogP contribution in [0.5, 0.6) is 5.75 Å². The van der Waals surface area contributed by atoms with E-state index in [0.29, 0.717) is 30.5 Å². The van der Waals surface area contributed by atoms with Gasteiger partial charge < -0.3 is 10.1 Å². The molecule has 0 heterocycles. The van der Waals surface area contributed by atoms with Gasteiger partial charge in [0.15, 0.2) is 0 Å². The standard InChI is InChI=1S/C18H20ClFN2O2/c1-22(12-14-3-2-4-16(20)11-14)13-18(23)21-9-10-24-17-7-5-15(19)6-8-17/h2-8,11H,9-10,12-13H2,1H3,(H,21,23). The van der Waals surface area contributed by atoms with Crippen molar-refractivity contribution >= 4 is 17.5 Å². The van der Waals surface area contributed by atoms with E-state index in [1.807, 2.05) is 18.0 Å². The largest absolute Gasteiger partial charge is 0.492 e. The summed E-state index contributed by atoms with van der Waals surface area (Å²) in [5, 5.41) is 3.44. The summed E-state index contributed by atoms with van der Waals surface area (Å²) < 4.78 is 18.6. The van der Waals surface area contributed by atoms with Gasteiger partial charge in [-0.05, 0) is 49.0 Å². The second kappa shape index (κ2) is 9.25. The van der Waals surface area contributed by atoms with Crippen LogP contribution in [-0.2, 0) is 11.3 Å². The fourth-order valence-electron chi connectivity index (χ4n) is 2.19. The summed E-state index contributed by atoms with van der Waals surface area (Å²) in [6.07, 6.45) is 0. The van der Waals surface area contributed by atoms with Crippen LogP contribution in [0.15, 0.2) is 48.5 Å². The van der Waals surface area contributed by atoms with Gasteiger partial charge in [-0.3, -0.25) is 9.69 Å². The summed E-state index contributed by atoms with van der Waals surface area (Å²) in [5.74, 6) is 0.329. The molecule has 128 valence electrons. The van der Waals surface area contributed by atoms with Crippen LogP contribution in [0, 0.1) is 5.82 Å². The van der Waals surface area contributed by atoms with E-state index in [0.717, 1.165) is 5.56 Å². The number of likely N-dealkylation sites (N-methyl/N-ethyl adjacent to an activating group) is 1. The Labute approximate surface area is 146 Å². The molecule has 0 atom stereocenters. The molecule has 0 aliphatic rings. The molecule has 2 aromatic rings. The lowest BCUT2D eigenvalue weighted by Gasteiger charge is -2.16. The highest BCUT2D eigenvalue weighted by Gasteiger charge is 2.07. The van der Waals surface area contributed by atoms with Gasteiger partial charge in [-0.2, -0.15) is 0 Å². The summed E-state index contributed by atoms with van der Waals surface area (Å²) in [7, 11) is 1.81. The molecule has 0 aliphatic heterocycles. The van der Waals surface area contributed by atoms with Gasteiger partial charge in [0.2, 0.25) is 5.91 Å². The maximum atomic E-state index is 13.1. The summed E-state index contributed by atoms with van der Waals surface area (Å²) >= 11 is 5.79. The average molecular weight is 351 g/mol. The van der Waals surface area contributed by atoms with Gasteiger partial charge in [-0.1, -0.05) is 23.7 Å². The molecular formula is C18H20ClFN2O2. The molecule has 0 unspecified atom stereocenters. The molecule has 24 heavy (non-hydrogen) atoms. The number of benzene rings is 2. The topological polar surface area (TPSA) is 41.6 Å². The van der Waals surface area contributed by atoms with E-state index in [1.165, 1.54) is 12.1 Å². The molecule has 0 bridgehead atoms. The molecule has 0 radical (unpaired) electrons. The van der Waals surface area contributed by atoms with E-state index in [-0.39, 0.29) is 18.3 Å². The van der Waals surface area contributed by atoms with Crippen molar-refractivity contribution in [2.24, 2.45) is 0 Å². The lowest BCUT2D eigenvalue weighted by Crippen LogP contribution is -2.36. The fraction of sp³-hybridized carbons (Fsp3) is 0.278.